The maximum absolute atomic E-state index is 10.8. The summed E-state index contributed by atoms with van der Waals surface area (Å²) in [6, 6.07) is 7.26. The monoisotopic (exact) mass is 230 g/mol. The molecule has 0 spiro atoms. The van der Waals surface area contributed by atoms with E-state index >= 15 is 0 Å². The molecular weight excluding hydrogens is 227 g/mol. The van der Waals surface area contributed by atoms with E-state index in [4.69, 9.17) is 23.2 Å². The molecule has 0 amide bonds. The van der Waals surface area contributed by atoms with Crippen LogP contribution >= 0.6 is 34.5 Å². The molecule has 0 aliphatic carbocycles. The average Bonchev–Trinajstić information content (AvgIpc) is 2.46. The molecule has 0 aliphatic heterocycles. The van der Waals surface area contributed by atoms with Gasteiger partial charge in [0.1, 0.15) is 0 Å². The van der Waals surface area contributed by atoms with Gasteiger partial charge in [0.25, 0.3) is 5.24 Å². The molecule has 0 fully saturated rings. The van der Waals surface area contributed by atoms with Crippen molar-refractivity contribution >= 4 is 49.9 Å². The molecule has 2 rings (SSSR count). The summed E-state index contributed by atoms with van der Waals surface area (Å²) in [5.41, 5.74) is 0. The van der Waals surface area contributed by atoms with E-state index in [0.29, 0.717) is 9.90 Å². The highest BCUT2D eigenvalue weighted by Crippen LogP contribution is 2.28. The van der Waals surface area contributed by atoms with Gasteiger partial charge in [-0.3, -0.25) is 4.79 Å². The number of benzene rings is 1. The Kier molecular flexibility index (Phi) is 2.28. The largest absolute Gasteiger partial charge is 0.275 e. The first-order valence-corrected chi connectivity index (χ1v) is 5.13. The normalized spacial score (nSPS) is 10.6. The van der Waals surface area contributed by atoms with Gasteiger partial charge in [0.05, 0.1) is 4.88 Å². The molecule has 0 radical (unpaired) electrons. The lowest BCUT2D eigenvalue weighted by Crippen LogP contribution is -1.78. The molecule has 0 bridgehead atoms. The molecule has 1 heterocycles. The maximum atomic E-state index is 10.8. The molecule has 66 valence electrons. The third-order valence-electron chi connectivity index (χ3n) is 1.68. The van der Waals surface area contributed by atoms with E-state index in [-0.39, 0.29) is 0 Å². The van der Waals surface area contributed by atoms with Crippen molar-refractivity contribution in [3.63, 3.8) is 0 Å². The van der Waals surface area contributed by atoms with Gasteiger partial charge < -0.3 is 0 Å². The molecule has 0 atom stereocenters. The zero-order valence-electron chi connectivity index (χ0n) is 6.38. The number of rotatable bonds is 1. The highest BCUT2D eigenvalue weighted by atomic mass is 35.5. The van der Waals surface area contributed by atoms with Crippen molar-refractivity contribution in [2.75, 3.05) is 0 Å². The van der Waals surface area contributed by atoms with E-state index in [1.807, 2.05) is 12.1 Å². The van der Waals surface area contributed by atoms with Crippen molar-refractivity contribution in [1.29, 1.82) is 0 Å². The third-order valence-corrected chi connectivity index (χ3v) is 3.32. The van der Waals surface area contributed by atoms with E-state index in [0.717, 1.165) is 10.1 Å². The van der Waals surface area contributed by atoms with Crippen molar-refractivity contribution in [3.8, 4) is 0 Å². The Morgan fingerprint density at radius 1 is 1.31 bits per heavy atom. The standard InChI is InChI=1S/C9H4Cl2OS/c10-6-2-1-5-3-8(9(11)12)13-7(5)4-6/h1-4H. The van der Waals surface area contributed by atoms with E-state index < -0.39 is 5.24 Å². The van der Waals surface area contributed by atoms with Crippen LogP contribution in [-0.4, -0.2) is 5.24 Å². The molecule has 4 heteroatoms. The highest BCUT2D eigenvalue weighted by Gasteiger charge is 2.07. The Morgan fingerprint density at radius 2 is 2.08 bits per heavy atom. The van der Waals surface area contributed by atoms with E-state index in [1.165, 1.54) is 11.3 Å². The van der Waals surface area contributed by atoms with Crippen LogP contribution in [0.1, 0.15) is 9.67 Å². The van der Waals surface area contributed by atoms with Gasteiger partial charge in [0, 0.05) is 9.72 Å². The van der Waals surface area contributed by atoms with E-state index in [2.05, 4.69) is 0 Å². The predicted molar refractivity (Wildman–Crippen MR) is 57.0 cm³/mol. The number of thiophene rings is 1. The summed E-state index contributed by atoms with van der Waals surface area (Å²) in [5.74, 6) is 0. The Balaban J connectivity index is 2.68. The molecular formula is C9H4Cl2OS. The highest BCUT2D eigenvalue weighted by molar-refractivity contribution is 7.22. The molecule has 0 N–H and O–H groups in total. The Morgan fingerprint density at radius 3 is 2.77 bits per heavy atom. The van der Waals surface area contributed by atoms with Gasteiger partial charge in [0.2, 0.25) is 0 Å². The SMILES string of the molecule is O=C(Cl)c1cc2ccc(Cl)cc2s1. The molecule has 1 aromatic heterocycles. The van der Waals surface area contributed by atoms with Crippen molar-refractivity contribution < 1.29 is 4.79 Å². The van der Waals surface area contributed by atoms with Crippen LogP contribution in [0.3, 0.4) is 0 Å². The fourth-order valence-electron chi connectivity index (χ4n) is 1.10. The molecule has 0 saturated heterocycles. The van der Waals surface area contributed by atoms with E-state index in [1.54, 1.807) is 12.1 Å². The first-order chi connectivity index (χ1) is 6.16. The van der Waals surface area contributed by atoms with Crippen LogP contribution in [0.2, 0.25) is 5.02 Å². The fraction of sp³-hybridized carbons (Fsp3) is 0. The first-order valence-electron chi connectivity index (χ1n) is 3.56. The number of fused-ring (bicyclic) bond motifs is 1. The van der Waals surface area contributed by atoms with Gasteiger partial charge in [0.15, 0.2) is 0 Å². The van der Waals surface area contributed by atoms with Crippen molar-refractivity contribution in [2.24, 2.45) is 0 Å². The third kappa shape index (κ3) is 1.70. The molecule has 0 saturated carbocycles. The number of carbonyl (C=O) groups is 1. The molecule has 0 unspecified atom stereocenters. The van der Waals surface area contributed by atoms with Crippen molar-refractivity contribution in [2.45, 2.75) is 0 Å². The van der Waals surface area contributed by atoms with Gasteiger partial charge in [-0.15, -0.1) is 11.3 Å². The number of halogens is 2. The zero-order valence-corrected chi connectivity index (χ0v) is 8.71. The van der Waals surface area contributed by atoms with Crippen LogP contribution < -0.4 is 0 Å². The van der Waals surface area contributed by atoms with Crippen LogP contribution in [0.5, 0.6) is 0 Å². The van der Waals surface area contributed by atoms with Crippen LogP contribution in [0.25, 0.3) is 10.1 Å². The summed E-state index contributed by atoms with van der Waals surface area (Å²) < 4.78 is 0.983. The smallest absolute Gasteiger partial charge is 0.262 e. The molecule has 1 nitrogen and oxygen atoms in total. The van der Waals surface area contributed by atoms with Crippen molar-refractivity contribution in [3.05, 3.63) is 34.2 Å². The minimum Gasteiger partial charge on any atom is -0.275 e. The van der Waals surface area contributed by atoms with Gasteiger partial charge >= 0.3 is 0 Å². The minimum atomic E-state index is -0.419. The average molecular weight is 231 g/mol. The first kappa shape index (κ1) is 9.00. The fourth-order valence-corrected chi connectivity index (χ4v) is 2.44. The topological polar surface area (TPSA) is 17.1 Å². The van der Waals surface area contributed by atoms with Crippen LogP contribution in [0.15, 0.2) is 24.3 Å². The number of carbonyl (C=O) groups excluding carboxylic acids is 1. The van der Waals surface area contributed by atoms with Gasteiger partial charge in [-0.05, 0) is 35.2 Å². The lowest BCUT2D eigenvalue weighted by molar-refractivity contribution is 0.108. The molecule has 13 heavy (non-hydrogen) atoms. The Bertz CT molecular complexity index is 475. The minimum absolute atomic E-state index is 0.419. The van der Waals surface area contributed by atoms with E-state index in [9.17, 15) is 4.79 Å². The summed E-state index contributed by atoms with van der Waals surface area (Å²) in [5, 5.41) is 1.25. The maximum Gasteiger partial charge on any atom is 0.262 e. The molecule has 0 aliphatic rings. The van der Waals surface area contributed by atoms with Crippen LogP contribution in [0, 0.1) is 0 Å². The van der Waals surface area contributed by atoms with Gasteiger partial charge in [-0.2, -0.15) is 0 Å². The predicted octanol–water partition coefficient (Wildman–Crippen LogP) is 3.93. The Labute approximate surface area is 88.9 Å². The van der Waals surface area contributed by atoms with Crippen molar-refractivity contribution in [1.82, 2.24) is 0 Å². The Hall–Kier alpha value is -0.570. The summed E-state index contributed by atoms with van der Waals surface area (Å²) in [6.45, 7) is 0. The van der Waals surface area contributed by atoms with Crippen LogP contribution in [0.4, 0.5) is 0 Å². The summed E-state index contributed by atoms with van der Waals surface area (Å²) in [6.07, 6.45) is 0. The summed E-state index contributed by atoms with van der Waals surface area (Å²) >= 11 is 12.5. The molecule has 2 aromatic rings. The van der Waals surface area contributed by atoms with Crippen LogP contribution in [-0.2, 0) is 0 Å². The molecule has 1 aromatic carbocycles. The zero-order chi connectivity index (χ0) is 9.42. The second-order valence-electron chi connectivity index (χ2n) is 2.57. The second kappa shape index (κ2) is 3.29. The summed E-state index contributed by atoms with van der Waals surface area (Å²) in [4.78, 5) is 11.4. The quantitative estimate of drug-likeness (QED) is 0.679. The number of hydrogen-bond acceptors (Lipinski definition) is 2. The van der Waals surface area contributed by atoms with Gasteiger partial charge in [-0.1, -0.05) is 17.7 Å². The lowest BCUT2D eigenvalue weighted by atomic mass is 10.2. The second-order valence-corrected chi connectivity index (χ2v) is 4.43. The summed E-state index contributed by atoms with van der Waals surface area (Å²) in [7, 11) is 0. The van der Waals surface area contributed by atoms with Gasteiger partial charge in [-0.25, -0.2) is 0 Å². The number of hydrogen-bond donors (Lipinski definition) is 0. The lowest BCUT2D eigenvalue weighted by Gasteiger charge is -1.87.